The molecule has 1 saturated heterocycles. The number of carbonyl (C=O) groups excluding carboxylic acids is 1. The average Bonchev–Trinajstić information content (AvgIpc) is 2.98. The van der Waals surface area contributed by atoms with Crippen molar-refractivity contribution in [3.8, 4) is 0 Å². The number of rotatable bonds is 5. The summed E-state index contributed by atoms with van der Waals surface area (Å²) in [5.74, 6) is 1.85. The van der Waals surface area contributed by atoms with Gasteiger partial charge in [-0.3, -0.25) is 0 Å². The highest BCUT2D eigenvalue weighted by Crippen LogP contribution is 2.36. The Kier molecular flexibility index (Phi) is 4.35. The third kappa shape index (κ3) is 3.29. The molecular formula is C13H19NO3S. The van der Waals surface area contributed by atoms with E-state index in [1.54, 1.807) is 6.07 Å². The van der Waals surface area contributed by atoms with Gasteiger partial charge in [0, 0.05) is 11.3 Å². The highest BCUT2D eigenvalue weighted by atomic mass is 32.2. The Bertz CT molecular complexity index is 410. The van der Waals surface area contributed by atoms with E-state index >= 15 is 0 Å². The van der Waals surface area contributed by atoms with Gasteiger partial charge < -0.3 is 14.5 Å². The number of hydrogen-bond donors (Lipinski definition) is 1. The van der Waals surface area contributed by atoms with Crippen molar-refractivity contribution in [3.05, 3.63) is 23.7 Å². The molecule has 2 rings (SSSR count). The quantitative estimate of drug-likeness (QED) is 0.832. The Hall–Kier alpha value is -0.940. The first-order valence-electron chi connectivity index (χ1n) is 6.15. The Morgan fingerprint density at radius 3 is 3.11 bits per heavy atom. The van der Waals surface area contributed by atoms with Gasteiger partial charge in [-0.2, -0.15) is 11.8 Å². The van der Waals surface area contributed by atoms with Gasteiger partial charge in [0.2, 0.25) is 5.76 Å². The summed E-state index contributed by atoms with van der Waals surface area (Å²) in [6.07, 6.45) is 2.56. The van der Waals surface area contributed by atoms with Crippen LogP contribution in [0.4, 0.5) is 0 Å². The van der Waals surface area contributed by atoms with E-state index in [9.17, 15) is 4.79 Å². The lowest BCUT2D eigenvalue weighted by atomic mass is 10.1. The minimum atomic E-state index is -0.431. The van der Waals surface area contributed by atoms with E-state index in [2.05, 4.69) is 17.0 Å². The topological polar surface area (TPSA) is 51.5 Å². The predicted molar refractivity (Wildman–Crippen MR) is 71.9 cm³/mol. The second kappa shape index (κ2) is 5.80. The standard InChI is InChI=1S/C13H19NO3S/c1-13(6-3-7-18-13)9-14-8-10-4-5-11(17-10)12(15)16-2/h4-5,14H,3,6-9H2,1-2H3. The highest BCUT2D eigenvalue weighted by molar-refractivity contribution is 8.00. The van der Waals surface area contributed by atoms with Crippen LogP contribution in [0.3, 0.4) is 0 Å². The highest BCUT2D eigenvalue weighted by Gasteiger charge is 2.28. The molecule has 18 heavy (non-hydrogen) atoms. The van der Waals surface area contributed by atoms with Gasteiger partial charge in [0.25, 0.3) is 0 Å². The first-order valence-corrected chi connectivity index (χ1v) is 7.13. The van der Waals surface area contributed by atoms with E-state index in [1.165, 1.54) is 25.7 Å². The third-order valence-electron chi connectivity index (χ3n) is 3.15. The number of furan rings is 1. The van der Waals surface area contributed by atoms with Gasteiger partial charge in [-0.15, -0.1) is 0 Å². The molecule has 1 aromatic rings. The zero-order valence-corrected chi connectivity index (χ0v) is 11.6. The summed E-state index contributed by atoms with van der Waals surface area (Å²) in [5, 5.41) is 3.39. The first-order chi connectivity index (χ1) is 8.63. The molecular weight excluding hydrogens is 250 g/mol. The summed E-state index contributed by atoms with van der Waals surface area (Å²) < 4.78 is 10.3. The lowest BCUT2D eigenvalue weighted by Gasteiger charge is -2.22. The maximum Gasteiger partial charge on any atom is 0.373 e. The Morgan fingerprint density at radius 2 is 2.44 bits per heavy atom. The molecule has 0 bridgehead atoms. The van der Waals surface area contributed by atoms with Crippen LogP contribution in [0.15, 0.2) is 16.5 Å². The van der Waals surface area contributed by atoms with E-state index in [0.717, 1.165) is 12.3 Å². The second-order valence-electron chi connectivity index (χ2n) is 4.76. The SMILES string of the molecule is COC(=O)c1ccc(CNCC2(C)CCCS2)o1. The molecule has 5 heteroatoms. The molecule has 1 N–H and O–H groups in total. The van der Waals surface area contributed by atoms with Gasteiger partial charge in [-0.25, -0.2) is 4.79 Å². The number of ether oxygens (including phenoxy) is 1. The van der Waals surface area contributed by atoms with Crippen LogP contribution in [0.1, 0.15) is 36.1 Å². The largest absolute Gasteiger partial charge is 0.463 e. The zero-order chi connectivity index (χ0) is 13.0. The Morgan fingerprint density at radius 1 is 1.61 bits per heavy atom. The molecule has 0 aromatic carbocycles. The summed E-state index contributed by atoms with van der Waals surface area (Å²) in [6.45, 7) is 3.90. The molecule has 0 aliphatic carbocycles. The number of esters is 1. The summed E-state index contributed by atoms with van der Waals surface area (Å²) >= 11 is 2.03. The molecule has 1 aliphatic rings. The average molecular weight is 269 g/mol. The van der Waals surface area contributed by atoms with E-state index in [-0.39, 0.29) is 5.76 Å². The van der Waals surface area contributed by atoms with Gasteiger partial charge in [-0.05, 0) is 37.7 Å². The van der Waals surface area contributed by atoms with E-state index < -0.39 is 5.97 Å². The fourth-order valence-corrected chi connectivity index (χ4v) is 3.38. The molecule has 1 fully saturated rings. The molecule has 1 atom stereocenters. The van der Waals surface area contributed by atoms with Crippen LogP contribution in [0.5, 0.6) is 0 Å². The van der Waals surface area contributed by atoms with Gasteiger partial charge in [0.15, 0.2) is 0 Å². The molecule has 0 amide bonds. The maximum atomic E-state index is 11.2. The van der Waals surface area contributed by atoms with Gasteiger partial charge >= 0.3 is 5.97 Å². The van der Waals surface area contributed by atoms with Crippen LogP contribution < -0.4 is 5.32 Å². The number of nitrogens with one attached hydrogen (secondary N) is 1. The van der Waals surface area contributed by atoms with E-state index in [4.69, 9.17) is 4.42 Å². The minimum absolute atomic E-state index is 0.260. The number of carbonyl (C=O) groups is 1. The molecule has 0 saturated carbocycles. The molecule has 2 heterocycles. The van der Waals surface area contributed by atoms with Crippen molar-refractivity contribution in [2.45, 2.75) is 31.1 Å². The summed E-state index contributed by atoms with van der Waals surface area (Å²) in [4.78, 5) is 11.2. The van der Waals surface area contributed by atoms with Crippen molar-refractivity contribution >= 4 is 17.7 Å². The summed E-state index contributed by atoms with van der Waals surface area (Å²) in [7, 11) is 1.35. The summed E-state index contributed by atoms with van der Waals surface area (Å²) in [6, 6.07) is 3.46. The van der Waals surface area contributed by atoms with Crippen LogP contribution in [0.2, 0.25) is 0 Å². The summed E-state index contributed by atoms with van der Waals surface area (Å²) in [5.41, 5.74) is 0. The predicted octanol–water partition coefficient (Wildman–Crippen LogP) is 2.44. The van der Waals surface area contributed by atoms with Crippen LogP contribution in [0.25, 0.3) is 0 Å². The van der Waals surface area contributed by atoms with E-state index in [1.807, 2.05) is 17.8 Å². The molecule has 0 spiro atoms. The molecule has 1 aliphatic heterocycles. The van der Waals surface area contributed by atoms with Crippen LogP contribution in [0, 0.1) is 0 Å². The van der Waals surface area contributed by atoms with Crippen molar-refractivity contribution in [2.75, 3.05) is 19.4 Å². The Labute approximate surface area is 111 Å². The van der Waals surface area contributed by atoms with Crippen molar-refractivity contribution in [3.63, 3.8) is 0 Å². The van der Waals surface area contributed by atoms with Crippen molar-refractivity contribution in [1.82, 2.24) is 5.32 Å². The number of thioether (sulfide) groups is 1. The fourth-order valence-electron chi connectivity index (χ4n) is 2.11. The lowest BCUT2D eigenvalue weighted by Crippen LogP contribution is -2.32. The molecule has 4 nitrogen and oxygen atoms in total. The number of hydrogen-bond acceptors (Lipinski definition) is 5. The third-order valence-corrected chi connectivity index (χ3v) is 4.69. The minimum Gasteiger partial charge on any atom is -0.463 e. The van der Waals surface area contributed by atoms with Gasteiger partial charge in [0.1, 0.15) is 5.76 Å². The monoisotopic (exact) mass is 269 g/mol. The Balaban J connectivity index is 1.80. The molecule has 1 aromatic heterocycles. The normalized spacial score (nSPS) is 23.2. The number of methoxy groups -OCH3 is 1. The molecule has 100 valence electrons. The van der Waals surface area contributed by atoms with Gasteiger partial charge in [0.05, 0.1) is 13.7 Å². The molecule has 0 radical (unpaired) electrons. The lowest BCUT2D eigenvalue weighted by molar-refractivity contribution is 0.0563. The van der Waals surface area contributed by atoms with Crippen molar-refractivity contribution < 1.29 is 13.9 Å². The van der Waals surface area contributed by atoms with Crippen LogP contribution in [-0.4, -0.2) is 30.1 Å². The first kappa shape index (κ1) is 13.5. The second-order valence-corrected chi connectivity index (χ2v) is 6.45. The maximum absolute atomic E-state index is 11.2. The van der Waals surface area contributed by atoms with Crippen molar-refractivity contribution in [2.24, 2.45) is 0 Å². The fraction of sp³-hybridized carbons (Fsp3) is 0.615. The molecule has 1 unspecified atom stereocenters. The van der Waals surface area contributed by atoms with Gasteiger partial charge in [-0.1, -0.05) is 0 Å². The van der Waals surface area contributed by atoms with E-state index in [0.29, 0.717) is 11.3 Å². The zero-order valence-electron chi connectivity index (χ0n) is 10.8. The van der Waals surface area contributed by atoms with Crippen molar-refractivity contribution in [1.29, 1.82) is 0 Å². The van der Waals surface area contributed by atoms with Crippen LogP contribution in [-0.2, 0) is 11.3 Å². The van der Waals surface area contributed by atoms with Crippen LogP contribution >= 0.6 is 11.8 Å². The smallest absolute Gasteiger partial charge is 0.373 e.